The third kappa shape index (κ3) is 1.81. The van der Waals surface area contributed by atoms with E-state index in [2.05, 4.69) is 0 Å². The summed E-state index contributed by atoms with van der Waals surface area (Å²) in [5, 5.41) is 0. The van der Waals surface area contributed by atoms with Crippen molar-refractivity contribution < 1.29 is 13.2 Å². The van der Waals surface area contributed by atoms with E-state index in [0.717, 1.165) is 5.56 Å². The maximum absolute atomic E-state index is 11.9. The van der Waals surface area contributed by atoms with E-state index < -0.39 is 9.84 Å². The molecule has 0 amide bonds. The fourth-order valence-corrected chi connectivity index (χ4v) is 4.06. The number of methoxy groups -OCH3 is 1. The molecule has 2 rings (SSSR count). The lowest BCUT2D eigenvalue weighted by Crippen LogP contribution is -2.09. The molecule has 1 heterocycles. The van der Waals surface area contributed by atoms with E-state index in [-0.39, 0.29) is 11.7 Å². The highest BCUT2D eigenvalue weighted by molar-refractivity contribution is 7.91. The van der Waals surface area contributed by atoms with Crippen LogP contribution in [-0.2, 0) is 9.84 Å². The molecule has 2 N–H and O–H groups in total. The second-order valence-corrected chi connectivity index (χ2v) is 5.96. The van der Waals surface area contributed by atoms with E-state index in [4.69, 9.17) is 10.5 Å². The number of benzene rings is 1. The molecule has 1 aromatic rings. The van der Waals surface area contributed by atoms with Gasteiger partial charge in [-0.05, 0) is 36.7 Å². The Labute approximate surface area is 95.3 Å². The van der Waals surface area contributed by atoms with Gasteiger partial charge in [-0.3, -0.25) is 0 Å². The van der Waals surface area contributed by atoms with Crippen LogP contribution in [0.4, 0.5) is 0 Å². The van der Waals surface area contributed by atoms with Crippen molar-refractivity contribution in [2.24, 2.45) is 5.73 Å². The van der Waals surface area contributed by atoms with Crippen molar-refractivity contribution >= 4 is 9.84 Å². The van der Waals surface area contributed by atoms with Crippen LogP contribution in [-0.4, -0.2) is 27.8 Å². The zero-order chi connectivity index (χ0) is 11.8. The van der Waals surface area contributed by atoms with Crippen LogP contribution in [0.15, 0.2) is 23.1 Å². The molecule has 0 saturated carbocycles. The Kier molecular flexibility index (Phi) is 2.90. The predicted octanol–water partition coefficient (Wildman–Crippen LogP) is 0.915. The lowest BCUT2D eigenvalue weighted by atomic mass is 9.98. The summed E-state index contributed by atoms with van der Waals surface area (Å²) in [6, 6.07) is 5.11. The van der Waals surface area contributed by atoms with E-state index in [1.54, 1.807) is 25.3 Å². The monoisotopic (exact) mass is 241 g/mol. The van der Waals surface area contributed by atoms with Crippen molar-refractivity contribution in [2.75, 3.05) is 19.4 Å². The zero-order valence-corrected chi connectivity index (χ0v) is 9.96. The quantitative estimate of drug-likeness (QED) is 0.854. The number of ether oxygens (including phenoxy) is 1. The van der Waals surface area contributed by atoms with Crippen molar-refractivity contribution in [1.29, 1.82) is 0 Å². The molecule has 5 heteroatoms. The molecule has 16 heavy (non-hydrogen) atoms. The first-order valence-electron chi connectivity index (χ1n) is 5.19. The maximum Gasteiger partial charge on any atom is 0.179 e. The SMILES string of the molecule is COc1ccc2c(c1)C(CCN)CS2(=O)=O. The first-order chi connectivity index (χ1) is 7.58. The van der Waals surface area contributed by atoms with Gasteiger partial charge in [0, 0.05) is 5.92 Å². The Hall–Kier alpha value is -1.07. The van der Waals surface area contributed by atoms with Gasteiger partial charge >= 0.3 is 0 Å². The van der Waals surface area contributed by atoms with Crippen LogP contribution < -0.4 is 10.5 Å². The molecule has 0 bridgehead atoms. The minimum atomic E-state index is -3.11. The Morgan fingerprint density at radius 3 is 2.88 bits per heavy atom. The summed E-state index contributed by atoms with van der Waals surface area (Å²) in [5.41, 5.74) is 6.35. The summed E-state index contributed by atoms with van der Waals surface area (Å²) in [5.74, 6) is 0.880. The third-order valence-electron chi connectivity index (χ3n) is 2.93. The summed E-state index contributed by atoms with van der Waals surface area (Å²) in [4.78, 5) is 0.437. The molecular weight excluding hydrogens is 226 g/mol. The van der Waals surface area contributed by atoms with Gasteiger partial charge in [0.25, 0.3) is 0 Å². The fourth-order valence-electron chi connectivity index (χ4n) is 2.14. The highest BCUT2D eigenvalue weighted by Gasteiger charge is 2.34. The van der Waals surface area contributed by atoms with Crippen LogP contribution in [0.2, 0.25) is 0 Å². The number of rotatable bonds is 3. The van der Waals surface area contributed by atoms with Crippen LogP contribution in [0, 0.1) is 0 Å². The van der Waals surface area contributed by atoms with Gasteiger partial charge in [0.1, 0.15) is 5.75 Å². The summed E-state index contributed by atoms with van der Waals surface area (Å²) in [6.45, 7) is 0.497. The van der Waals surface area contributed by atoms with Gasteiger partial charge in [-0.2, -0.15) is 0 Å². The third-order valence-corrected chi connectivity index (χ3v) is 4.81. The van der Waals surface area contributed by atoms with E-state index in [9.17, 15) is 8.42 Å². The van der Waals surface area contributed by atoms with Crippen molar-refractivity contribution in [3.05, 3.63) is 23.8 Å². The molecular formula is C11H15NO3S. The normalized spacial score (nSPS) is 21.8. The van der Waals surface area contributed by atoms with Crippen molar-refractivity contribution in [1.82, 2.24) is 0 Å². The van der Waals surface area contributed by atoms with E-state index in [0.29, 0.717) is 23.6 Å². The first-order valence-corrected chi connectivity index (χ1v) is 6.84. The van der Waals surface area contributed by atoms with E-state index >= 15 is 0 Å². The van der Waals surface area contributed by atoms with E-state index in [1.807, 2.05) is 0 Å². The number of hydrogen-bond acceptors (Lipinski definition) is 4. The average molecular weight is 241 g/mol. The van der Waals surface area contributed by atoms with Crippen molar-refractivity contribution in [3.63, 3.8) is 0 Å². The van der Waals surface area contributed by atoms with Crippen molar-refractivity contribution in [3.8, 4) is 5.75 Å². The second-order valence-electron chi connectivity index (χ2n) is 3.96. The molecule has 1 atom stereocenters. The first kappa shape index (κ1) is 11.4. The molecule has 0 fully saturated rings. The summed E-state index contributed by atoms with van der Waals surface area (Å²) in [6.07, 6.45) is 0.694. The maximum atomic E-state index is 11.9. The molecule has 0 aliphatic carbocycles. The molecule has 88 valence electrons. The van der Waals surface area contributed by atoms with Gasteiger partial charge in [0.05, 0.1) is 17.8 Å². The van der Waals surface area contributed by atoms with Gasteiger partial charge in [-0.15, -0.1) is 0 Å². The lowest BCUT2D eigenvalue weighted by Gasteiger charge is -2.08. The van der Waals surface area contributed by atoms with Crippen LogP contribution >= 0.6 is 0 Å². The van der Waals surface area contributed by atoms with Gasteiger partial charge in [0.2, 0.25) is 0 Å². The van der Waals surface area contributed by atoms with Gasteiger partial charge in [-0.1, -0.05) is 0 Å². The minimum absolute atomic E-state index is 0.0140. The number of sulfone groups is 1. The Morgan fingerprint density at radius 2 is 2.25 bits per heavy atom. The fraction of sp³-hybridized carbons (Fsp3) is 0.455. The molecule has 0 radical (unpaired) electrons. The highest BCUT2D eigenvalue weighted by atomic mass is 32.2. The number of fused-ring (bicyclic) bond motifs is 1. The van der Waals surface area contributed by atoms with E-state index in [1.165, 1.54) is 0 Å². The zero-order valence-electron chi connectivity index (χ0n) is 9.14. The Bertz CT molecular complexity index is 496. The van der Waals surface area contributed by atoms with Crippen LogP contribution in [0.25, 0.3) is 0 Å². The Balaban J connectivity index is 2.50. The van der Waals surface area contributed by atoms with Crippen molar-refractivity contribution in [2.45, 2.75) is 17.2 Å². The molecule has 1 aliphatic rings. The second kappa shape index (κ2) is 4.07. The molecule has 1 aliphatic heterocycles. The largest absolute Gasteiger partial charge is 0.497 e. The lowest BCUT2D eigenvalue weighted by molar-refractivity contribution is 0.413. The number of hydrogen-bond donors (Lipinski definition) is 1. The number of nitrogens with two attached hydrogens (primary N) is 1. The summed E-state index contributed by atoms with van der Waals surface area (Å²) >= 11 is 0. The smallest absolute Gasteiger partial charge is 0.179 e. The summed E-state index contributed by atoms with van der Waals surface area (Å²) in [7, 11) is -1.54. The van der Waals surface area contributed by atoms with Gasteiger partial charge < -0.3 is 10.5 Å². The van der Waals surface area contributed by atoms with Crippen LogP contribution in [0.5, 0.6) is 5.75 Å². The van der Waals surface area contributed by atoms with Crippen LogP contribution in [0.3, 0.4) is 0 Å². The molecule has 4 nitrogen and oxygen atoms in total. The Morgan fingerprint density at radius 1 is 1.50 bits per heavy atom. The molecule has 1 unspecified atom stereocenters. The molecule has 0 aromatic heterocycles. The topological polar surface area (TPSA) is 69.4 Å². The molecule has 1 aromatic carbocycles. The molecule has 0 spiro atoms. The van der Waals surface area contributed by atoms with Gasteiger partial charge in [0.15, 0.2) is 9.84 Å². The average Bonchev–Trinajstić information content (AvgIpc) is 2.51. The minimum Gasteiger partial charge on any atom is -0.497 e. The molecule has 0 saturated heterocycles. The predicted molar refractivity (Wildman–Crippen MR) is 61.5 cm³/mol. The standard InChI is InChI=1S/C11H15NO3S/c1-15-9-2-3-11-10(6-9)8(4-5-12)7-16(11,13)14/h2-3,6,8H,4-5,7,12H2,1H3. The van der Waals surface area contributed by atoms with Crippen LogP contribution in [0.1, 0.15) is 17.9 Å². The highest BCUT2D eigenvalue weighted by Crippen LogP contribution is 2.38. The summed E-state index contributed by atoms with van der Waals surface area (Å²) < 4.78 is 28.8. The van der Waals surface area contributed by atoms with Gasteiger partial charge in [-0.25, -0.2) is 8.42 Å².